The number of aryl methyl sites for hydroxylation is 1. The van der Waals surface area contributed by atoms with Crippen LogP contribution in [0.15, 0.2) is 18.2 Å². The molecule has 1 saturated heterocycles. The van der Waals surface area contributed by atoms with Crippen molar-refractivity contribution in [2.24, 2.45) is 17.8 Å². The van der Waals surface area contributed by atoms with Gasteiger partial charge in [-0.15, -0.1) is 0 Å². The average molecular weight is 366 g/mol. The fraction of sp³-hybridized carbons (Fsp3) is 0.579. The van der Waals surface area contributed by atoms with Gasteiger partial charge in [-0.05, 0) is 61.8 Å². The highest BCUT2D eigenvalue weighted by atomic mass is 35.5. The van der Waals surface area contributed by atoms with Crippen molar-refractivity contribution >= 4 is 23.5 Å². The second-order valence-electron chi connectivity index (χ2n) is 7.11. The minimum atomic E-state index is -0.770. The molecule has 25 heavy (non-hydrogen) atoms. The van der Waals surface area contributed by atoms with Crippen molar-refractivity contribution in [1.29, 1.82) is 0 Å². The van der Waals surface area contributed by atoms with Gasteiger partial charge in [0.1, 0.15) is 5.75 Å². The van der Waals surface area contributed by atoms with Gasteiger partial charge in [0.25, 0.3) is 0 Å². The predicted octanol–water partition coefficient (Wildman–Crippen LogP) is 3.38. The van der Waals surface area contributed by atoms with Gasteiger partial charge in [0.05, 0.1) is 12.5 Å². The molecule has 5 nitrogen and oxygen atoms in total. The molecule has 0 radical (unpaired) electrons. The van der Waals surface area contributed by atoms with Crippen molar-refractivity contribution < 1.29 is 19.4 Å². The van der Waals surface area contributed by atoms with E-state index in [9.17, 15) is 14.7 Å². The second kappa shape index (κ2) is 7.65. The van der Waals surface area contributed by atoms with Gasteiger partial charge in [0.15, 0.2) is 0 Å². The van der Waals surface area contributed by atoms with E-state index in [1.165, 1.54) is 0 Å². The molecular formula is C19H24ClNO4. The summed E-state index contributed by atoms with van der Waals surface area (Å²) in [6.45, 7) is 3.32. The molecule has 2 aliphatic rings. The maximum atomic E-state index is 12.4. The standard InChI is InChI=1S/C19H24ClNO4/c1-12-9-14(6-7-17(12)20)25-8-2-3-18(22)21-10-15(13-4-5-13)16(11-21)19(23)24/h6-7,9,13,15-16H,2-5,8,10-11H2,1H3,(H,23,24)/t15-,16+/m1/s1. The molecule has 0 aromatic heterocycles. The number of amides is 1. The van der Waals surface area contributed by atoms with Crippen molar-refractivity contribution in [3.05, 3.63) is 28.8 Å². The van der Waals surface area contributed by atoms with Crippen LogP contribution in [0.1, 0.15) is 31.2 Å². The smallest absolute Gasteiger partial charge is 0.308 e. The topological polar surface area (TPSA) is 66.8 Å². The lowest BCUT2D eigenvalue weighted by molar-refractivity contribution is -0.142. The van der Waals surface area contributed by atoms with E-state index in [1.54, 1.807) is 11.0 Å². The average Bonchev–Trinajstić information content (AvgIpc) is 3.32. The molecule has 1 aromatic carbocycles. The Kier molecular flexibility index (Phi) is 5.52. The van der Waals surface area contributed by atoms with E-state index < -0.39 is 11.9 Å². The van der Waals surface area contributed by atoms with Crippen LogP contribution < -0.4 is 4.74 Å². The molecule has 1 saturated carbocycles. The quantitative estimate of drug-likeness (QED) is 0.752. The summed E-state index contributed by atoms with van der Waals surface area (Å²) < 4.78 is 5.66. The fourth-order valence-corrected chi connectivity index (χ4v) is 3.69. The number of rotatable bonds is 7. The normalized spacial score (nSPS) is 22.9. The third kappa shape index (κ3) is 4.46. The second-order valence-corrected chi connectivity index (χ2v) is 7.51. The van der Waals surface area contributed by atoms with Gasteiger partial charge in [0, 0.05) is 24.5 Å². The molecule has 1 aromatic rings. The number of hydrogen-bond donors (Lipinski definition) is 1. The Bertz CT molecular complexity index is 659. The maximum Gasteiger partial charge on any atom is 0.308 e. The van der Waals surface area contributed by atoms with E-state index >= 15 is 0 Å². The lowest BCUT2D eigenvalue weighted by Gasteiger charge is -2.16. The van der Waals surface area contributed by atoms with Crippen molar-refractivity contribution in [2.75, 3.05) is 19.7 Å². The minimum Gasteiger partial charge on any atom is -0.494 e. The molecule has 0 spiro atoms. The molecule has 1 aliphatic heterocycles. The fourth-order valence-electron chi connectivity index (χ4n) is 3.57. The first-order valence-electron chi connectivity index (χ1n) is 8.85. The lowest BCUT2D eigenvalue weighted by Crippen LogP contribution is -2.30. The van der Waals surface area contributed by atoms with Gasteiger partial charge in [-0.2, -0.15) is 0 Å². The lowest BCUT2D eigenvalue weighted by atomic mass is 9.92. The van der Waals surface area contributed by atoms with Crippen molar-refractivity contribution in [3.63, 3.8) is 0 Å². The van der Waals surface area contributed by atoms with Crippen LogP contribution in [-0.2, 0) is 9.59 Å². The first kappa shape index (κ1) is 18.1. The molecule has 136 valence electrons. The van der Waals surface area contributed by atoms with Crippen LogP contribution in [0.3, 0.4) is 0 Å². The van der Waals surface area contributed by atoms with Crippen LogP contribution in [0.2, 0.25) is 5.02 Å². The van der Waals surface area contributed by atoms with Crippen molar-refractivity contribution in [2.45, 2.75) is 32.6 Å². The third-order valence-corrected chi connectivity index (χ3v) is 5.62. The number of benzene rings is 1. The molecule has 1 heterocycles. The summed E-state index contributed by atoms with van der Waals surface area (Å²) in [5.74, 6) is 0.240. The number of likely N-dealkylation sites (tertiary alicyclic amines) is 1. The molecule has 0 unspecified atom stereocenters. The van der Waals surface area contributed by atoms with Crippen LogP contribution in [0.4, 0.5) is 0 Å². The highest BCUT2D eigenvalue weighted by Gasteiger charge is 2.46. The number of halogens is 1. The Labute approximate surface area is 152 Å². The molecule has 6 heteroatoms. The van der Waals surface area contributed by atoms with Crippen molar-refractivity contribution in [1.82, 2.24) is 4.90 Å². The predicted molar refractivity (Wildman–Crippen MR) is 94.8 cm³/mol. The molecule has 1 amide bonds. The van der Waals surface area contributed by atoms with Gasteiger partial charge in [-0.1, -0.05) is 11.6 Å². The molecule has 0 bridgehead atoms. The Morgan fingerprint density at radius 3 is 2.72 bits per heavy atom. The number of aliphatic carboxylic acids is 1. The van der Waals surface area contributed by atoms with Crippen molar-refractivity contribution in [3.8, 4) is 5.75 Å². The van der Waals surface area contributed by atoms with E-state index in [2.05, 4.69) is 0 Å². The van der Waals surface area contributed by atoms with Gasteiger partial charge in [-0.3, -0.25) is 9.59 Å². The summed E-state index contributed by atoms with van der Waals surface area (Å²) >= 11 is 5.98. The zero-order chi connectivity index (χ0) is 18.0. The van der Waals surface area contributed by atoms with Crippen LogP contribution in [-0.4, -0.2) is 41.6 Å². The van der Waals surface area contributed by atoms with Gasteiger partial charge < -0.3 is 14.7 Å². The largest absolute Gasteiger partial charge is 0.494 e. The minimum absolute atomic E-state index is 0.0327. The number of nitrogens with zero attached hydrogens (tertiary/aromatic N) is 1. The summed E-state index contributed by atoms with van der Waals surface area (Å²) in [5.41, 5.74) is 0.957. The monoisotopic (exact) mass is 365 g/mol. The Morgan fingerprint density at radius 1 is 1.32 bits per heavy atom. The molecule has 1 aliphatic carbocycles. The van der Waals surface area contributed by atoms with Gasteiger partial charge >= 0.3 is 5.97 Å². The highest BCUT2D eigenvalue weighted by molar-refractivity contribution is 6.31. The van der Waals surface area contributed by atoms with Crippen LogP contribution in [0, 0.1) is 24.7 Å². The van der Waals surface area contributed by atoms with E-state index in [0.717, 1.165) is 24.2 Å². The summed E-state index contributed by atoms with van der Waals surface area (Å²) in [6.07, 6.45) is 3.20. The van der Waals surface area contributed by atoms with E-state index in [-0.39, 0.29) is 11.8 Å². The summed E-state index contributed by atoms with van der Waals surface area (Å²) in [7, 11) is 0. The van der Waals surface area contributed by atoms with Crippen LogP contribution >= 0.6 is 11.6 Å². The molecule has 3 rings (SSSR count). The zero-order valence-corrected chi connectivity index (χ0v) is 15.2. The molecule has 1 N–H and O–H groups in total. The number of carbonyl (C=O) groups excluding carboxylic acids is 1. The molecule has 2 fully saturated rings. The van der Waals surface area contributed by atoms with Gasteiger partial charge in [0.2, 0.25) is 5.91 Å². The number of hydrogen-bond acceptors (Lipinski definition) is 3. The number of carbonyl (C=O) groups is 2. The Hall–Kier alpha value is -1.75. The van der Waals surface area contributed by atoms with Gasteiger partial charge in [-0.25, -0.2) is 0 Å². The van der Waals surface area contributed by atoms with E-state index in [1.807, 2.05) is 19.1 Å². The number of carboxylic acid groups (broad SMARTS) is 1. The van der Waals surface area contributed by atoms with E-state index in [0.29, 0.717) is 43.5 Å². The molecular weight excluding hydrogens is 342 g/mol. The first-order chi connectivity index (χ1) is 12.0. The maximum absolute atomic E-state index is 12.4. The Morgan fingerprint density at radius 2 is 2.08 bits per heavy atom. The van der Waals surface area contributed by atoms with Crippen LogP contribution in [0.5, 0.6) is 5.75 Å². The SMILES string of the molecule is Cc1cc(OCCCC(=O)N2C[C@H](C(=O)O)[C@@H](C3CC3)C2)ccc1Cl. The zero-order valence-electron chi connectivity index (χ0n) is 14.4. The van der Waals surface area contributed by atoms with Crippen LogP contribution in [0.25, 0.3) is 0 Å². The third-order valence-electron chi connectivity index (χ3n) is 5.20. The summed E-state index contributed by atoms with van der Waals surface area (Å²) in [6, 6.07) is 5.49. The highest BCUT2D eigenvalue weighted by Crippen LogP contribution is 2.44. The summed E-state index contributed by atoms with van der Waals surface area (Å²) in [5, 5.41) is 10.1. The number of carboxylic acids is 1. The van der Waals surface area contributed by atoms with E-state index in [4.69, 9.17) is 16.3 Å². The number of ether oxygens (including phenoxy) is 1. The molecule has 2 atom stereocenters. The summed E-state index contributed by atoms with van der Waals surface area (Å²) in [4.78, 5) is 25.5. The Balaban J connectivity index is 1.43. The first-order valence-corrected chi connectivity index (χ1v) is 9.23.